The summed E-state index contributed by atoms with van der Waals surface area (Å²) in [7, 11) is -6.49. The van der Waals surface area contributed by atoms with Crippen LogP contribution < -0.4 is 4.90 Å². The Morgan fingerprint density at radius 1 is 1.22 bits per heavy atom. The first-order valence-corrected chi connectivity index (χ1v) is 11.8. The highest BCUT2D eigenvalue weighted by molar-refractivity contribution is 8.03. The van der Waals surface area contributed by atoms with Crippen molar-refractivity contribution >= 4 is 37.7 Å². The second-order valence-corrected chi connectivity index (χ2v) is 12.0. The van der Waals surface area contributed by atoms with Crippen molar-refractivity contribution in [1.82, 2.24) is 0 Å². The third kappa shape index (κ3) is 2.80. The SMILES string of the molecule is O=C(C[NH+]1CCS(=O)(=O)CC1)OC1C2CC3C(S2)C1OS3(=O)=O. The van der Waals surface area contributed by atoms with E-state index in [9.17, 15) is 21.6 Å². The van der Waals surface area contributed by atoms with Crippen LogP contribution in [0, 0.1) is 0 Å². The molecule has 5 unspecified atom stereocenters. The van der Waals surface area contributed by atoms with Gasteiger partial charge in [0.2, 0.25) is 0 Å². The zero-order valence-electron chi connectivity index (χ0n) is 12.2. The first-order valence-electron chi connectivity index (χ1n) is 7.56. The van der Waals surface area contributed by atoms with Crippen molar-refractivity contribution < 1.29 is 35.4 Å². The van der Waals surface area contributed by atoms with Gasteiger partial charge in [0, 0.05) is 5.25 Å². The minimum atomic E-state index is -3.52. The van der Waals surface area contributed by atoms with Crippen LogP contribution in [-0.4, -0.2) is 81.9 Å². The Balaban J connectivity index is 1.36. The minimum Gasteiger partial charge on any atom is -0.454 e. The summed E-state index contributed by atoms with van der Waals surface area (Å²) in [5, 5.41) is -0.612. The molecule has 5 atom stereocenters. The van der Waals surface area contributed by atoms with Crippen LogP contribution in [0.4, 0.5) is 0 Å². The predicted octanol–water partition coefficient (Wildman–Crippen LogP) is -2.80. The summed E-state index contributed by atoms with van der Waals surface area (Å²) in [4.78, 5) is 13.0. The van der Waals surface area contributed by atoms with Gasteiger partial charge >= 0.3 is 5.97 Å². The Hall–Kier alpha value is -0.360. The normalized spacial score (nSPS) is 43.6. The molecule has 4 saturated heterocycles. The number of thioether (sulfide) groups is 1. The van der Waals surface area contributed by atoms with Gasteiger partial charge in [0.15, 0.2) is 16.4 Å². The molecule has 2 bridgehead atoms. The first kappa shape index (κ1) is 16.1. The number of nitrogens with one attached hydrogen (secondary N) is 1. The highest BCUT2D eigenvalue weighted by Crippen LogP contribution is 2.55. The molecule has 0 radical (unpaired) electrons. The van der Waals surface area contributed by atoms with Crippen LogP contribution in [0.15, 0.2) is 0 Å². The second-order valence-electron chi connectivity index (χ2n) is 6.50. The van der Waals surface area contributed by atoms with Crippen molar-refractivity contribution in [3.8, 4) is 0 Å². The summed E-state index contributed by atoms with van der Waals surface area (Å²) in [5.41, 5.74) is 0. The van der Waals surface area contributed by atoms with Crippen LogP contribution >= 0.6 is 11.8 Å². The molecule has 4 heterocycles. The Morgan fingerprint density at radius 2 is 1.91 bits per heavy atom. The van der Waals surface area contributed by atoms with Crippen molar-refractivity contribution in [1.29, 1.82) is 0 Å². The molecule has 4 aliphatic heterocycles. The average molecular weight is 384 g/mol. The van der Waals surface area contributed by atoms with Crippen molar-refractivity contribution in [2.24, 2.45) is 0 Å². The molecule has 4 fully saturated rings. The van der Waals surface area contributed by atoms with Crippen molar-refractivity contribution in [3.63, 3.8) is 0 Å². The number of sulfone groups is 1. The lowest BCUT2D eigenvalue weighted by molar-refractivity contribution is -0.889. The molecule has 8 nitrogen and oxygen atoms in total. The summed E-state index contributed by atoms with van der Waals surface area (Å²) < 4.78 is 57.1. The van der Waals surface area contributed by atoms with E-state index in [0.717, 1.165) is 4.90 Å². The van der Waals surface area contributed by atoms with Gasteiger partial charge in [-0.1, -0.05) is 0 Å². The summed E-state index contributed by atoms with van der Waals surface area (Å²) in [6, 6.07) is 0. The van der Waals surface area contributed by atoms with Crippen LogP contribution in [-0.2, 0) is 33.7 Å². The van der Waals surface area contributed by atoms with Crippen LogP contribution in [0.5, 0.6) is 0 Å². The van der Waals surface area contributed by atoms with E-state index in [4.69, 9.17) is 8.92 Å². The van der Waals surface area contributed by atoms with E-state index in [1.807, 2.05) is 0 Å². The van der Waals surface area contributed by atoms with Gasteiger partial charge in [0.05, 0.1) is 29.8 Å². The largest absolute Gasteiger partial charge is 0.454 e. The molecule has 4 rings (SSSR count). The lowest BCUT2D eigenvalue weighted by Gasteiger charge is -2.26. The monoisotopic (exact) mass is 384 g/mol. The zero-order chi connectivity index (χ0) is 16.4. The molecule has 23 heavy (non-hydrogen) atoms. The van der Waals surface area contributed by atoms with Crippen molar-refractivity contribution in [2.75, 3.05) is 31.1 Å². The molecule has 0 amide bonds. The van der Waals surface area contributed by atoms with Gasteiger partial charge in [-0.3, -0.25) is 4.18 Å². The van der Waals surface area contributed by atoms with Crippen LogP contribution in [0.25, 0.3) is 0 Å². The fraction of sp³-hybridized carbons (Fsp3) is 0.917. The van der Waals surface area contributed by atoms with Crippen LogP contribution in [0.2, 0.25) is 0 Å². The number of fused-ring (bicyclic) bond motifs is 1. The molecule has 11 heteroatoms. The molecule has 0 aromatic carbocycles. The fourth-order valence-electron chi connectivity index (χ4n) is 3.77. The van der Waals surface area contributed by atoms with E-state index in [1.54, 1.807) is 11.8 Å². The van der Waals surface area contributed by atoms with Gasteiger partial charge in [0.25, 0.3) is 10.1 Å². The average Bonchev–Trinajstić information content (AvgIpc) is 3.05. The number of rotatable bonds is 3. The van der Waals surface area contributed by atoms with Gasteiger partial charge in [-0.05, 0) is 6.42 Å². The van der Waals surface area contributed by atoms with E-state index in [2.05, 4.69) is 0 Å². The topological polar surface area (TPSA) is 108 Å². The number of quaternary nitrogens is 1. The third-order valence-corrected chi connectivity index (χ3v) is 10.3. The van der Waals surface area contributed by atoms with E-state index in [-0.39, 0.29) is 28.6 Å². The highest BCUT2D eigenvalue weighted by Gasteiger charge is 2.66. The molecular formula is C12H18NO7S3+. The smallest absolute Gasteiger partial charge is 0.362 e. The van der Waals surface area contributed by atoms with Gasteiger partial charge in [-0.25, -0.2) is 13.2 Å². The lowest BCUT2D eigenvalue weighted by Crippen LogP contribution is -3.15. The quantitative estimate of drug-likeness (QED) is 0.411. The molecule has 0 aromatic heterocycles. The number of hydrogen-bond acceptors (Lipinski definition) is 8. The molecule has 1 N–H and O–H groups in total. The molecule has 0 aliphatic carbocycles. The Kier molecular flexibility index (Phi) is 3.73. The van der Waals surface area contributed by atoms with E-state index in [0.29, 0.717) is 19.5 Å². The Bertz CT molecular complexity index is 720. The molecule has 130 valence electrons. The maximum atomic E-state index is 12.1. The number of hydrogen-bond donors (Lipinski definition) is 1. The Morgan fingerprint density at radius 3 is 2.61 bits per heavy atom. The van der Waals surface area contributed by atoms with Gasteiger partial charge in [-0.2, -0.15) is 8.42 Å². The van der Waals surface area contributed by atoms with Crippen molar-refractivity contribution in [3.05, 3.63) is 0 Å². The van der Waals surface area contributed by atoms with Gasteiger partial charge in [0.1, 0.15) is 17.5 Å². The summed E-state index contributed by atoms with van der Waals surface area (Å²) in [5.74, 6) is -0.238. The van der Waals surface area contributed by atoms with Gasteiger partial charge in [-0.15, -0.1) is 11.8 Å². The van der Waals surface area contributed by atoms with Crippen LogP contribution in [0.1, 0.15) is 6.42 Å². The van der Waals surface area contributed by atoms with E-state index in [1.165, 1.54) is 0 Å². The number of ether oxygens (including phenoxy) is 1. The minimum absolute atomic E-state index is 0.0204. The molecule has 0 spiro atoms. The maximum absolute atomic E-state index is 12.1. The fourth-order valence-corrected chi connectivity index (χ4v) is 9.31. The van der Waals surface area contributed by atoms with E-state index >= 15 is 0 Å². The standard InChI is InChI=1S/C12H17NO7S3/c14-9(6-13-1-3-22(15,16)4-2-13)19-10-7-5-8-12(21-7)11(10)20-23(8,17)18/h7-8,10-12H,1-6H2/p+1. The number of esters is 1. The first-order chi connectivity index (χ1) is 10.8. The second kappa shape index (κ2) is 5.32. The third-order valence-electron chi connectivity index (χ3n) is 4.99. The van der Waals surface area contributed by atoms with Crippen LogP contribution in [0.3, 0.4) is 0 Å². The summed E-state index contributed by atoms with van der Waals surface area (Å²) in [6.07, 6.45) is -0.602. The summed E-state index contributed by atoms with van der Waals surface area (Å²) in [6.45, 7) is 0.912. The molecule has 0 aromatic rings. The summed E-state index contributed by atoms with van der Waals surface area (Å²) >= 11 is 1.54. The van der Waals surface area contributed by atoms with Gasteiger partial charge < -0.3 is 9.64 Å². The number of carbonyl (C=O) groups excluding carboxylic acids is 1. The Labute approximate surface area is 138 Å². The molecular weight excluding hydrogens is 366 g/mol. The molecule has 4 aliphatic rings. The predicted molar refractivity (Wildman–Crippen MR) is 81.5 cm³/mol. The number of carbonyl (C=O) groups is 1. The van der Waals surface area contributed by atoms with Crippen molar-refractivity contribution in [2.45, 2.75) is 34.4 Å². The highest BCUT2D eigenvalue weighted by atomic mass is 32.2. The van der Waals surface area contributed by atoms with E-state index < -0.39 is 43.4 Å². The zero-order valence-corrected chi connectivity index (χ0v) is 14.7. The molecule has 0 saturated carbocycles. The lowest BCUT2D eigenvalue weighted by atomic mass is 9.94. The maximum Gasteiger partial charge on any atom is 0.362 e.